The van der Waals surface area contributed by atoms with Crippen LogP contribution in [0.1, 0.15) is 5.76 Å². The van der Waals surface area contributed by atoms with Crippen LogP contribution in [0, 0.1) is 0 Å². The number of halogens is 2. The molecule has 0 aliphatic carbocycles. The van der Waals surface area contributed by atoms with Gasteiger partial charge in [0.2, 0.25) is 0 Å². The fourth-order valence-corrected chi connectivity index (χ4v) is 2.55. The largest absolute Gasteiger partial charge is 0.467 e. The Hall–Kier alpha value is -2.24. The fourth-order valence-electron chi connectivity index (χ4n) is 2.10. The van der Waals surface area contributed by atoms with Gasteiger partial charge < -0.3 is 9.73 Å². The summed E-state index contributed by atoms with van der Waals surface area (Å²) in [7, 11) is 0. The number of nitrogens with zero attached hydrogens (tertiary/aromatic N) is 1. The highest BCUT2D eigenvalue weighted by molar-refractivity contribution is 6.53. The molecule has 112 valence electrons. The third-order valence-electron chi connectivity index (χ3n) is 3.14. The van der Waals surface area contributed by atoms with Crippen LogP contribution in [-0.4, -0.2) is 11.8 Å². The molecule has 0 radical (unpaired) electrons. The number of furan rings is 1. The lowest BCUT2D eigenvalue weighted by molar-refractivity contribution is -0.120. The lowest BCUT2D eigenvalue weighted by Crippen LogP contribution is -2.33. The van der Waals surface area contributed by atoms with Crippen molar-refractivity contribution in [3.63, 3.8) is 0 Å². The van der Waals surface area contributed by atoms with E-state index in [0.29, 0.717) is 16.5 Å². The number of imide groups is 1. The summed E-state index contributed by atoms with van der Waals surface area (Å²) in [6.07, 6.45) is 1.52. The molecule has 1 aromatic heterocycles. The zero-order chi connectivity index (χ0) is 15.7. The van der Waals surface area contributed by atoms with Crippen molar-refractivity contribution in [3.05, 3.63) is 64.2 Å². The Bertz CT molecular complexity index is 769. The van der Waals surface area contributed by atoms with Crippen molar-refractivity contribution < 1.29 is 14.0 Å². The molecule has 0 saturated carbocycles. The van der Waals surface area contributed by atoms with Crippen LogP contribution in [0.5, 0.6) is 0 Å². The second-order valence-electron chi connectivity index (χ2n) is 4.52. The fraction of sp³-hybridized carbons (Fsp3) is 0.0667. The van der Waals surface area contributed by atoms with Gasteiger partial charge in [0.15, 0.2) is 0 Å². The van der Waals surface area contributed by atoms with E-state index in [1.807, 2.05) is 0 Å². The maximum absolute atomic E-state index is 12.4. The Morgan fingerprint density at radius 1 is 1.05 bits per heavy atom. The quantitative estimate of drug-likeness (QED) is 0.871. The highest BCUT2D eigenvalue weighted by Crippen LogP contribution is 2.32. The Morgan fingerprint density at radius 2 is 1.82 bits per heavy atom. The molecular formula is C15H10Cl2N2O3. The molecule has 1 N–H and O–H groups in total. The molecule has 0 unspecified atom stereocenters. The molecule has 0 bridgehead atoms. The van der Waals surface area contributed by atoms with Crippen molar-refractivity contribution in [2.45, 2.75) is 6.54 Å². The molecule has 2 amide bonds. The van der Waals surface area contributed by atoms with Gasteiger partial charge >= 0.3 is 0 Å². The maximum atomic E-state index is 12.4. The zero-order valence-electron chi connectivity index (χ0n) is 11.2. The van der Waals surface area contributed by atoms with Crippen LogP contribution in [0.15, 0.2) is 57.8 Å². The molecular weight excluding hydrogens is 327 g/mol. The monoisotopic (exact) mass is 336 g/mol. The van der Waals surface area contributed by atoms with Gasteiger partial charge in [-0.3, -0.25) is 9.59 Å². The SMILES string of the molecule is O=C1C(Cl)=C(NCc2ccco2)C(=O)N1c1ccccc1Cl. The standard InChI is InChI=1S/C15H10Cl2N2O3/c16-10-5-1-2-6-11(10)19-14(20)12(17)13(15(19)21)18-8-9-4-3-7-22-9/h1-7,18H,8H2. The number of para-hydroxylation sites is 1. The first-order valence-corrected chi connectivity index (χ1v) is 7.14. The van der Waals surface area contributed by atoms with Gasteiger partial charge in [-0.1, -0.05) is 35.3 Å². The predicted molar refractivity (Wildman–Crippen MR) is 82.4 cm³/mol. The first-order chi connectivity index (χ1) is 10.6. The Labute approximate surface area is 136 Å². The summed E-state index contributed by atoms with van der Waals surface area (Å²) in [6.45, 7) is 0.244. The van der Waals surface area contributed by atoms with Gasteiger partial charge in [-0.15, -0.1) is 0 Å². The Balaban J connectivity index is 1.85. The number of benzene rings is 1. The first-order valence-electron chi connectivity index (χ1n) is 6.39. The van der Waals surface area contributed by atoms with Gasteiger partial charge in [0, 0.05) is 0 Å². The van der Waals surface area contributed by atoms with Crippen molar-refractivity contribution in [1.29, 1.82) is 0 Å². The van der Waals surface area contributed by atoms with Crippen LogP contribution in [-0.2, 0) is 16.1 Å². The predicted octanol–water partition coefficient (Wildman–Crippen LogP) is 3.05. The molecule has 0 fully saturated rings. The third kappa shape index (κ3) is 2.49. The Morgan fingerprint density at radius 3 is 2.50 bits per heavy atom. The summed E-state index contributed by atoms with van der Waals surface area (Å²) >= 11 is 12.0. The maximum Gasteiger partial charge on any atom is 0.283 e. The average Bonchev–Trinajstić information content (AvgIpc) is 3.08. The normalized spacial score (nSPS) is 14.9. The minimum Gasteiger partial charge on any atom is -0.467 e. The molecule has 1 aromatic carbocycles. The number of hydrogen-bond donors (Lipinski definition) is 1. The molecule has 1 aliphatic rings. The van der Waals surface area contributed by atoms with Crippen LogP contribution in [0.4, 0.5) is 5.69 Å². The number of rotatable bonds is 4. The highest BCUT2D eigenvalue weighted by Gasteiger charge is 2.39. The van der Waals surface area contributed by atoms with Gasteiger partial charge in [0.05, 0.1) is 23.5 Å². The first kappa shape index (κ1) is 14.7. The second kappa shape index (κ2) is 5.87. The van der Waals surface area contributed by atoms with E-state index in [-0.39, 0.29) is 17.3 Å². The number of anilines is 1. The van der Waals surface area contributed by atoms with E-state index in [1.165, 1.54) is 6.26 Å². The summed E-state index contributed by atoms with van der Waals surface area (Å²) in [5.41, 5.74) is 0.329. The molecule has 3 rings (SSSR count). The summed E-state index contributed by atoms with van der Waals surface area (Å²) in [5.74, 6) is -0.537. The molecule has 2 aromatic rings. The minimum atomic E-state index is -0.610. The van der Waals surface area contributed by atoms with E-state index in [4.69, 9.17) is 27.6 Å². The number of hydrogen-bond acceptors (Lipinski definition) is 4. The molecule has 2 heterocycles. The zero-order valence-corrected chi connectivity index (χ0v) is 12.7. The number of amides is 2. The van der Waals surface area contributed by atoms with E-state index < -0.39 is 11.8 Å². The van der Waals surface area contributed by atoms with E-state index in [0.717, 1.165) is 4.90 Å². The topological polar surface area (TPSA) is 62.6 Å². The molecule has 5 nitrogen and oxygen atoms in total. The number of carbonyl (C=O) groups excluding carboxylic acids is 2. The summed E-state index contributed by atoms with van der Waals surface area (Å²) in [4.78, 5) is 25.6. The van der Waals surface area contributed by atoms with Crippen LogP contribution in [0.2, 0.25) is 5.02 Å². The van der Waals surface area contributed by atoms with Crippen molar-refractivity contribution >= 4 is 40.7 Å². The number of carbonyl (C=O) groups is 2. The van der Waals surface area contributed by atoms with E-state index >= 15 is 0 Å². The van der Waals surface area contributed by atoms with Crippen molar-refractivity contribution in [1.82, 2.24) is 5.32 Å². The van der Waals surface area contributed by atoms with E-state index in [1.54, 1.807) is 36.4 Å². The van der Waals surface area contributed by atoms with Gasteiger partial charge in [-0.05, 0) is 24.3 Å². The van der Waals surface area contributed by atoms with Crippen molar-refractivity contribution in [2.75, 3.05) is 4.90 Å². The Kier molecular flexibility index (Phi) is 3.92. The smallest absolute Gasteiger partial charge is 0.283 e. The third-order valence-corrected chi connectivity index (χ3v) is 3.81. The van der Waals surface area contributed by atoms with Crippen molar-refractivity contribution in [2.24, 2.45) is 0 Å². The minimum absolute atomic E-state index is 0.0305. The van der Waals surface area contributed by atoms with Gasteiger partial charge in [0.25, 0.3) is 11.8 Å². The van der Waals surface area contributed by atoms with Crippen molar-refractivity contribution in [3.8, 4) is 0 Å². The molecule has 0 spiro atoms. The van der Waals surface area contributed by atoms with Gasteiger partial charge in [-0.25, -0.2) is 4.90 Å². The van der Waals surface area contributed by atoms with Gasteiger partial charge in [0.1, 0.15) is 16.5 Å². The summed E-state index contributed by atoms with van der Waals surface area (Å²) < 4.78 is 5.16. The van der Waals surface area contributed by atoms with Crippen LogP contribution >= 0.6 is 23.2 Å². The van der Waals surface area contributed by atoms with Crippen LogP contribution in [0.25, 0.3) is 0 Å². The molecule has 1 aliphatic heterocycles. The summed E-state index contributed by atoms with van der Waals surface area (Å²) in [5, 5.41) is 2.95. The molecule has 7 heteroatoms. The molecule has 22 heavy (non-hydrogen) atoms. The average molecular weight is 337 g/mol. The van der Waals surface area contributed by atoms with Gasteiger partial charge in [-0.2, -0.15) is 0 Å². The van der Waals surface area contributed by atoms with Crippen LogP contribution in [0.3, 0.4) is 0 Å². The lowest BCUT2D eigenvalue weighted by atomic mass is 10.3. The number of nitrogens with one attached hydrogen (secondary N) is 1. The summed E-state index contributed by atoms with van der Waals surface area (Å²) in [6, 6.07) is 10.0. The second-order valence-corrected chi connectivity index (χ2v) is 5.30. The lowest BCUT2D eigenvalue weighted by Gasteiger charge is -2.16. The van der Waals surface area contributed by atoms with E-state index in [9.17, 15) is 9.59 Å². The highest BCUT2D eigenvalue weighted by atomic mass is 35.5. The molecule has 0 saturated heterocycles. The van der Waals surface area contributed by atoms with Crippen LogP contribution < -0.4 is 10.2 Å². The molecule has 0 atom stereocenters. The van der Waals surface area contributed by atoms with E-state index in [2.05, 4.69) is 5.32 Å².